The minimum Gasteiger partial charge on any atom is -0.508 e. The van der Waals surface area contributed by atoms with Gasteiger partial charge in [-0.15, -0.1) is 0 Å². The lowest BCUT2D eigenvalue weighted by Crippen LogP contribution is -2.35. The summed E-state index contributed by atoms with van der Waals surface area (Å²) in [5.41, 5.74) is 1.43. The van der Waals surface area contributed by atoms with Crippen LogP contribution in [0.5, 0.6) is 5.75 Å². The smallest absolute Gasteiger partial charge is 0.123 e. The van der Waals surface area contributed by atoms with Gasteiger partial charge in [0.25, 0.3) is 0 Å². The van der Waals surface area contributed by atoms with Crippen molar-refractivity contribution in [3.8, 4) is 5.75 Å². The second kappa shape index (κ2) is 5.18. The molecule has 1 heterocycles. The number of aliphatic hydroxyl groups is 1. The Kier molecular flexibility index (Phi) is 3.64. The van der Waals surface area contributed by atoms with Gasteiger partial charge in [0.1, 0.15) is 5.75 Å². The molecule has 1 aliphatic rings. The van der Waals surface area contributed by atoms with Crippen LogP contribution in [0.2, 0.25) is 0 Å². The van der Waals surface area contributed by atoms with Gasteiger partial charge in [-0.1, -0.05) is 6.07 Å². The number of aromatic hydroxyl groups is 1. The van der Waals surface area contributed by atoms with Crippen LogP contribution in [0.15, 0.2) is 18.2 Å². The molecule has 0 spiro atoms. The number of nitrogens with one attached hydrogen (secondary N) is 2. The summed E-state index contributed by atoms with van der Waals surface area (Å²) in [6.07, 6.45) is 2.14. The molecule has 0 aliphatic carbocycles. The molecule has 1 aliphatic heterocycles. The molecule has 0 amide bonds. The number of aliphatic hydroxyl groups excluding tert-OH is 1. The van der Waals surface area contributed by atoms with Gasteiger partial charge < -0.3 is 20.8 Å². The number of anilines is 1. The van der Waals surface area contributed by atoms with Crippen LogP contribution in [0.1, 0.15) is 18.4 Å². The number of hydrogen-bond donors (Lipinski definition) is 4. The number of piperidine rings is 1. The normalized spacial score (nSPS) is 17.3. The lowest BCUT2D eigenvalue weighted by Gasteiger charge is -2.25. The maximum absolute atomic E-state index is 9.61. The van der Waals surface area contributed by atoms with Crippen LogP contribution in [0.3, 0.4) is 0 Å². The van der Waals surface area contributed by atoms with Crippen LogP contribution in [-0.4, -0.2) is 29.3 Å². The van der Waals surface area contributed by atoms with E-state index in [4.69, 9.17) is 0 Å². The molecule has 88 valence electrons. The summed E-state index contributed by atoms with van der Waals surface area (Å²) >= 11 is 0. The molecule has 1 aromatic rings. The second-order valence-electron chi connectivity index (χ2n) is 4.13. The van der Waals surface area contributed by atoms with Gasteiger partial charge >= 0.3 is 0 Å². The van der Waals surface area contributed by atoms with Crippen LogP contribution >= 0.6 is 0 Å². The Morgan fingerprint density at radius 2 is 2.06 bits per heavy atom. The van der Waals surface area contributed by atoms with E-state index in [0.717, 1.165) is 31.6 Å². The lowest BCUT2D eigenvalue weighted by atomic mass is 10.0. The molecule has 0 atom stereocenters. The topological polar surface area (TPSA) is 64.5 Å². The van der Waals surface area contributed by atoms with Gasteiger partial charge in [-0.3, -0.25) is 0 Å². The third-order valence-electron chi connectivity index (χ3n) is 3.01. The molecular weight excluding hydrogens is 204 g/mol. The maximum atomic E-state index is 9.61. The van der Waals surface area contributed by atoms with E-state index in [1.54, 1.807) is 12.1 Å². The molecule has 0 radical (unpaired) electrons. The van der Waals surface area contributed by atoms with E-state index in [0.29, 0.717) is 11.6 Å². The molecule has 4 nitrogen and oxygen atoms in total. The van der Waals surface area contributed by atoms with Crippen molar-refractivity contribution in [2.24, 2.45) is 0 Å². The van der Waals surface area contributed by atoms with Crippen molar-refractivity contribution >= 4 is 5.69 Å². The molecule has 1 aromatic carbocycles. The van der Waals surface area contributed by atoms with Crippen molar-refractivity contribution in [3.63, 3.8) is 0 Å². The van der Waals surface area contributed by atoms with Gasteiger partial charge in [0.05, 0.1) is 6.61 Å². The fraction of sp³-hybridized carbons (Fsp3) is 0.500. The van der Waals surface area contributed by atoms with Gasteiger partial charge in [-0.05, 0) is 38.1 Å². The summed E-state index contributed by atoms with van der Waals surface area (Å²) in [5.74, 6) is 0.154. The molecule has 0 saturated carbocycles. The highest BCUT2D eigenvalue weighted by atomic mass is 16.3. The van der Waals surface area contributed by atoms with E-state index in [-0.39, 0.29) is 12.4 Å². The zero-order chi connectivity index (χ0) is 11.4. The van der Waals surface area contributed by atoms with Crippen LogP contribution in [0, 0.1) is 0 Å². The largest absolute Gasteiger partial charge is 0.508 e. The van der Waals surface area contributed by atoms with Crippen molar-refractivity contribution in [2.45, 2.75) is 25.5 Å². The number of phenols is 1. The number of benzene rings is 1. The van der Waals surface area contributed by atoms with E-state index in [1.165, 1.54) is 0 Å². The van der Waals surface area contributed by atoms with E-state index < -0.39 is 0 Å². The monoisotopic (exact) mass is 222 g/mol. The minimum atomic E-state index is -0.139. The molecule has 0 unspecified atom stereocenters. The first-order chi connectivity index (χ1) is 7.81. The van der Waals surface area contributed by atoms with Gasteiger partial charge in [-0.2, -0.15) is 0 Å². The fourth-order valence-electron chi connectivity index (χ4n) is 2.06. The average molecular weight is 222 g/mol. The molecule has 0 aromatic heterocycles. The summed E-state index contributed by atoms with van der Waals surface area (Å²) in [4.78, 5) is 0. The highest BCUT2D eigenvalue weighted by Gasteiger charge is 2.14. The zero-order valence-electron chi connectivity index (χ0n) is 9.24. The first kappa shape index (κ1) is 11.2. The van der Waals surface area contributed by atoms with Crippen molar-refractivity contribution < 1.29 is 10.2 Å². The molecule has 4 heteroatoms. The Labute approximate surface area is 95.3 Å². The predicted molar refractivity (Wildman–Crippen MR) is 63.5 cm³/mol. The molecule has 0 bridgehead atoms. The summed E-state index contributed by atoms with van der Waals surface area (Å²) < 4.78 is 0. The standard InChI is InChI=1S/C12H18N2O2/c15-8-10-11(2-1-3-12(10)16)14-9-4-6-13-7-5-9/h1-3,9,13-16H,4-8H2. The predicted octanol–water partition coefficient (Wildman–Crippen LogP) is 1.05. The first-order valence-electron chi connectivity index (χ1n) is 5.70. The van der Waals surface area contributed by atoms with Crippen molar-refractivity contribution in [3.05, 3.63) is 23.8 Å². The quantitative estimate of drug-likeness (QED) is 0.617. The number of hydrogen-bond acceptors (Lipinski definition) is 4. The Hall–Kier alpha value is -1.26. The SMILES string of the molecule is OCc1c(O)cccc1NC1CCNCC1. The van der Waals surface area contributed by atoms with Gasteiger partial charge in [-0.25, -0.2) is 0 Å². The van der Waals surface area contributed by atoms with Gasteiger partial charge in [0.2, 0.25) is 0 Å². The van der Waals surface area contributed by atoms with E-state index >= 15 is 0 Å². The first-order valence-corrected chi connectivity index (χ1v) is 5.70. The van der Waals surface area contributed by atoms with Gasteiger partial charge in [0.15, 0.2) is 0 Å². The maximum Gasteiger partial charge on any atom is 0.123 e. The Morgan fingerprint density at radius 1 is 1.31 bits per heavy atom. The zero-order valence-corrected chi connectivity index (χ0v) is 9.24. The van der Waals surface area contributed by atoms with Crippen LogP contribution in [-0.2, 0) is 6.61 Å². The molecule has 1 saturated heterocycles. The summed E-state index contributed by atoms with van der Waals surface area (Å²) in [6.45, 7) is 1.90. The minimum absolute atomic E-state index is 0.139. The average Bonchev–Trinajstić information content (AvgIpc) is 2.31. The van der Waals surface area contributed by atoms with Crippen LogP contribution in [0.25, 0.3) is 0 Å². The highest BCUT2D eigenvalue weighted by molar-refractivity contribution is 5.57. The third kappa shape index (κ3) is 2.46. The van der Waals surface area contributed by atoms with Gasteiger partial charge in [0, 0.05) is 17.3 Å². The Bertz CT molecular complexity index is 349. The molecule has 2 rings (SSSR count). The summed E-state index contributed by atoms with van der Waals surface area (Å²) in [6, 6.07) is 5.71. The third-order valence-corrected chi connectivity index (χ3v) is 3.01. The Balaban J connectivity index is 2.10. The van der Waals surface area contributed by atoms with Crippen LogP contribution in [0.4, 0.5) is 5.69 Å². The fourth-order valence-corrected chi connectivity index (χ4v) is 2.06. The highest BCUT2D eigenvalue weighted by Crippen LogP contribution is 2.26. The van der Waals surface area contributed by atoms with Crippen molar-refractivity contribution in [1.82, 2.24) is 5.32 Å². The van der Waals surface area contributed by atoms with Crippen LogP contribution < -0.4 is 10.6 Å². The number of rotatable bonds is 3. The van der Waals surface area contributed by atoms with Crippen molar-refractivity contribution in [2.75, 3.05) is 18.4 Å². The summed E-state index contributed by atoms with van der Waals surface area (Å²) in [7, 11) is 0. The summed E-state index contributed by atoms with van der Waals surface area (Å²) in [5, 5.41) is 25.5. The molecule has 1 fully saturated rings. The Morgan fingerprint density at radius 3 is 2.75 bits per heavy atom. The van der Waals surface area contributed by atoms with E-state index in [1.807, 2.05) is 6.07 Å². The molecule has 16 heavy (non-hydrogen) atoms. The second-order valence-corrected chi connectivity index (χ2v) is 4.13. The van der Waals surface area contributed by atoms with E-state index in [9.17, 15) is 10.2 Å². The van der Waals surface area contributed by atoms with E-state index in [2.05, 4.69) is 10.6 Å². The van der Waals surface area contributed by atoms with Crippen molar-refractivity contribution in [1.29, 1.82) is 0 Å². The lowest BCUT2D eigenvalue weighted by molar-refractivity contribution is 0.276. The molecular formula is C12H18N2O2. The molecule has 4 N–H and O–H groups in total.